The van der Waals surface area contributed by atoms with E-state index in [4.69, 9.17) is 9.47 Å². The van der Waals surface area contributed by atoms with E-state index < -0.39 is 37.4 Å². The molecule has 0 atom stereocenters. The molecule has 1 rings (SSSR count). The van der Waals surface area contributed by atoms with Crippen molar-refractivity contribution in [1.29, 1.82) is 0 Å². The molecule has 0 saturated heterocycles. The molecule has 1 aromatic rings. The van der Waals surface area contributed by atoms with Crippen LogP contribution in [-0.2, 0) is 6.18 Å². The van der Waals surface area contributed by atoms with Crippen molar-refractivity contribution in [2.24, 2.45) is 0 Å². The monoisotopic (exact) mass is 284 g/mol. The zero-order valence-corrected chi connectivity index (χ0v) is 10.2. The van der Waals surface area contributed by atoms with Crippen LogP contribution in [0, 0.1) is 6.92 Å². The predicted molar refractivity (Wildman–Crippen MR) is 59.1 cm³/mol. The molecule has 0 aliphatic carbocycles. The number of hydrogen-bond donors (Lipinski definition) is 0. The van der Waals surface area contributed by atoms with Gasteiger partial charge in [0.15, 0.2) is 0 Å². The summed E-state index contributed by atoms with van der Waals surface area (Å²) in [5, 5.41) is 0. The van der Waals surface area contributed by atoms with E-state index in [0.717, 1.165) is 6.07 Å². The van der Waals surface area contributed by atoms with E-state index in [1.54, 1.807) is 0 Å². The Morgan fingerprint density at radius 3 is 1.89 bits per heavy atom. The third kappa shape index (κ3) is 3.97. The lowest BCUT2D eigenvalue weighted by Crippen LogP contribution is -2.13. The molecule has 108 valence electrons. The average molecular weight is 284 g/mol. The molecule has 0 N–H and O–H groups in total. The number of alkyl halides is 5. The third-order valence-corrected chi connectivity index (χ3v) is 2.33. The normalized spacial score (nSPS) is 11.5. The smallest absolute Gasteiger partial charge is 0.420 e. The van der Waals surface area contributed by atoms with E-state index in [1.165, 1.54) is 13.0 Å². The van der Waals surface area contributed by atoms with Crippen LogP contribution in [0.5, 0.6) is 11.5 Å². The minimum absolute atomic E-state index is 0.0717. The first-order chi connectivity index (χ1) is 8.91. The molecular weight excluding hydrogens is 271 g/mol. The van der Waals surface area contributed by atoms with Gasteiger partial charge >= 0.3 is 6.18 Å². The second-order valence-electron chi connectivity index (χ2n) is 3.63. The van der Waals surface area contributed by atoms with Gasteiger partial charge in [-0.2, -0.15) is 13.2 Å². The van der Waals surface area contributed by atoms with Crippen molar-refractivity contribution < 1.29 is 31.4 Å². The molecule has 0 fully saturated rings. The van der Waals surface area contributed by atoms with Gasteiger partial charge in [-0.3, -0.25) is 0 Å². The molecule has 7 heteroatoms. The van der Waals surface area contributed by atoms with Crippen LogP contribution in [0.15, 0.2) is 12.1 Å². The van der Waals surface area contributed by atoms with Gasteiger partial charge in [0.1, 0.15) is 43.6 Å². The molecule has 0 radical (unpaired) electrons. The largest absolute Gasteiger partial charge is 0.491 e. The summed E-state index contributed by atoms with van der Waals surface area (Å²) < 4.78 is 72.4. The first-order valence-corrected chi connectivity index (χ1v) is 5.50. The Hall–Kier alpha value is -1.53. The maximum absolute atomic E-state index is 12.9. The van der Waals surface area contributed by atoms with Gasteiger partial charge in [-0.05, 0) is 19.1 Å². The van der Waals surface area contributed by atoms with Crippen LogP contribution in [0.1, 0.15) is 11.1 Å². The van der Waals surface area contributed by atoms with E-state index in [0.29, 0.717) is 0 Å². The Bertz CT molecular complexity index is 417. The highest BCUT2D eigenvalue weighted by molar-refractivity contribution is 5.49. The number of hydrogen-bond acceptors (Lipinski definition) is 2. The second kappa shape index (κ2) is 6.58. The van der Waals surface area contributed by atoms with Crippen molar-refractivity contribution >= 4 is 0 Å². The highest BCUT2D eigenvalue weighted by Gasteiger charge is 2.37. The molecule has 0 spiro atoms. The van der Waals surface area contributed by atoms with Crippen molar-refractivity contribution in [3.63, 3.8) is 0 Å². The summed E-state index contributed by atoms with van der Waals surface area (Å²) in [7, 11) is 0. The van der Waals surface area contributed by atoms with E-state index >= 15 is 0 Å². The Balaban J connectivity index is 3.16. The Morgan fingerprint density at radius 1 is 0.947 bits per heavy atom. The molecule has 0 aliphatic heterocycles. The molecule has 2 nitrogen and oxygen atoms in total. The van der Waals surface area contributed by atoms with Gasteiger partial charge in [-0.15, -0.1) is 0 Å². The van der Waals surface area contributed by atoms with Crippen LogP contribution < -0.4 is 9.47 Å². The molecule has 0 saturated carbocycles. The topological polar surface area (TPSA) is 18.5 Å². The van der Waals surface area contributed by atoms with Gasteiger partial charge in [0.25, 0.3) is 0 Å². The number of ether oxygens (including phenoxy) is 2. The fraction of sp³-hybridized carbons (Fsp3) is 0.500. The van der Waals surface area contributed by atoms with Gasteiger partial charge in [-0.25, -0.2) is 8.78 Å². The molecule has 0 bridgehead atoms. The van der Waals surface area contributed by atoms with Crippen molar-refractivity contribution in [2.45, 2.75) is 13.1 Å². The van der Waals surface area contributed by atoms with Crippen LogP contribution in [0.25, 0.3) is 0 Å². The number of benzene rings is 1. The summed E-state index contributed by atoms with van der Waals surface area (Å²) in [6.45, 7) is -1.30. The van der Waals surface area contributed by atoms with Crippen LogP contribution in [-0.4, -0.2) is 26.6 Å². The summed E-state index contributed by atoms with van der Waals surface area (Å²) in [6.07, 6.45) is -4.66. The first kappa shape index (κ1) is 15.5. The zero-order valence-electron chi connectivity index (χ0n) is 10.2. The molecule has 0 aliphatic rings. The maximum atomic E-state index is 12.9. The SMILES string of the molecule is Cc1c(OCCF)ccc(OCCF)c1C(F)(F)F. The Kier molecular flexibility index (Phi) is 5.38. The van der Waals surface area contributed by atoms with Crippen LogP contribution in [0.2, 0.25) is 0 Å². The van der Waals surface area contributed by atoms with E-state index in [2.05, 4.69) is 0 Å². The molecule has 1 aromatic carbocycles. The lowest BCUT2D eigenvalue weighted by atomic mass is 10.1. The summed E-state index contributed by atoms with van der Waals surface area (Å²) in [5.41, 5.74) is -1.24. The van der Waals surface area contributed by atoms with Gasteiger partial charge in [-0.1, -0.05) is 0 Å². The van der Waals surface area contributed by atoms with Gasteiger partial charge in [0.2, 0.25) is 0 Å². The predicted octanol–water partition coefficient (Wildman–Crippen LogP) is 3.71. The lowest BCUT2D eigenvalue weighted by molar-refractivity contribution is -0.139. The highest BCUT2D eigenvalue weighted by Crippen LogP contribution is 2.41. The third-order valence-electron chi connectivity index (χ3n) is 2.33. The summed E-state index contributed by atoms with van der Waals surface area (Å²) in [4.78, 5) is 0. The Morgan fingerprint density at radius 2 is 1.42 bits per heavy atom. The van der Waals surface area contributed by atoms with Crippen molar-refractivity contribution in [3.8, 4) is 11.5 Å². The fourth-order valence-corrected chi connectivity index (χ4v) is 1.59. The summed E-state index contributed by atoms with van der Waals surface area (Å²) in [6, 6.07) is 2.28. The molecule has 0 heterocycles. The zero-order chi connectivity index (χ0) is 14.5. The van der Waals surface area contributed by atoms with E-state index in [9.17, 15) is 22.0 Å². The fourth-order valence-electron chi connectivity index (χ4n) is 1.59. The van der Waals surface area contributed by atoms with Crippen LogP contribution in [0.3, 0.4) is 0 Å². The van der Waals surface area contributed by atoms with E-state index in [-0.39, 0.29) is 17.9 Å². The molecular formula is C12H13F5O2. The second-order valence-corrected chi connectivity index (χ2v) is 3.63. The molecule has 0 amide bonds. The summed E-state index contributed by atoms with van der Waals surface area (Å²) in [5.74, 6) is -0.534. The minimum atomic E-state index is -4.66. The molecule has 19 heavy (non-hydrogen) atoms. The minimum Gasteiger partial charge on any atom is -0.491 e. The summed E-state index contributed by atoms with van der Waals surface area (Å²) >= 11 is 0. The van der Waals surface area contributed by atoms with Crippen molar-refractivity contribution in [1.82, 2.24) is 0 Å². The van der Waals surface area contributed by atoms with Gasteiger partial charge < -0.3 is 9.47 Å². The lowest BCUT2D eigenvalue weighted by Gasteiger charge is -2.18. The molecule has 0 unspecified atom stereocenters. The van der Waals surface area contributed by atoms with Crippen molar-refractivity contribution in [3.05, 3.63) is 23.3 Å². The average Bonchev–Trinajstić information content (AvgIpc) is 2.33. The number of rotatable bonds is 6. The standard InChI is InChI=1S/C12H13F5O2/c1-8-9(18-6-4-13)2-3-10(19-7-5-14)11(8)12(15,16)17/h2-3H,4-7H2,1H3. The molecule has 0 aromatic heterocycles. The number of halogens is 5. The van der Waals surface area contributed by atoms with Gasteiger partial charge in [0, 0.05) is 5.56 Å². The quantitative estimate of drug-likeness (QED) is 0.741. The van der Waals surface area contributed by atoms with Crippen LogP contribution >= 0.6 is 0 Å². The first-order valence-electron chi connectivity index (χ1n) is 5.50. The Labute approximate surface area is 107 Å². The highest BCUT2D eigenvalue weighted by atomic mass is 19.4. The van der Waals surface area contributed by atoms with E-state index in [1.807, 2.05) is 0 Å². The van der Waals surface area contributed by atoms with Crippen molar-refractivity contribution in [2.75, 3.05) is 26.6 Å². The maximum Gasteiger partial charge on any atom is 0.420 e. The van der Waals surface area contributed by atoms with Gasteiger partial charge in [0.05, 0.1) is 0 Å². The van der Waals surface area contributed by atoms with Crippen LogP contribution in [0.4, 0.5) is 22.0 Å².